The van der Waals surface area contributed by atoms with E-state index in [4.69, 9.17) is 19.2 Å². The first-order valence-electron chi connectivity index (χ1n) is 8.85. The zero-order valence-electron chi connectivity index (χ0n) is 15.0. The van der Waals surface area contributed by atoms with E-state index in [1.807, 2.05) is 0 Å². The van der Waals surface area contributed by atoms with Crippen LogP contribution in [0.15, 0.2) is 4.99 Å². The number of carbonyl (C=O) groups excluding carboxylic acids is 1. The number of hydrogen-bond donors (Lipinski definition) is 1. The molecule has 4 aliphatic rings. The lowest BCUT2D eigenvalue weighted by Gasteiger charge is -2.37. The Morgan fingerprint density at radius 2 is 1.96 bits per heavy atom. The molecule has 2 aliphatic carbocycles. The van der Waals surface area contributed by atoms with Crippen LogP contribution in [-0.4, -0.2) is 53.5 Å². The van der Waals surface area contributed by atoms with Crippen molar-refractivity contribution in [3.05, 3.63) is 0 Å². The van der Waals surface area contributed by atoms with Gasteiger partial charge in [-0.3, -0.25) is 4.99 Å². The molecule has 0 spiro atoms. The Labute approximate surface area is 142 Å². The van der Waals surface area contributed by atoms with E-state index in [1.165, 1.54) is 0 Å². The molecule has 3 fully saturated rings. The highest BCUT2D eigenvalue weighted by atomic mass is 16.7. The average Bonchev–Trinajstić information content (AvgIpc) is 3.01. The van der Waals surface area contributed by atoms with Crippen molar-refractivity contribution in [3.63, 3.8) is 0 Å². The van der Waals surface area contributed by atoms with E-state index in [-0.39, 0.29) is 23.5 Å². The van der Waals surface area contributed by atoms with Crippen LogP contribution in [-0.2, 0) is 19.0 Å². The Morgan fingerprint density at radius 3 is 2.58 bits per heavy atom. The van der Waals surface area contributed by atoms with E-state index < -0.39 is 30.0 Å². The second-order valence-corrected chi connectivity index (χ2v) is 8.87. The normalized spacial score (nSPS) is 46.4. The minimum atomic E-state index is -1.06. The van der Waals surface area contributed by atoms with Gasteiger partial charge in [-0.1, -0.05) is 20.8 Å². The summed E-state index contributed by atoms with van der Waals surface area (Å²) in [6.07, 6.45) is 0.251. The zero-order chi connectivity index (χ0) is 17.5. The first-order chi connectivity index (χ1) is 11.1. The molecule has 1 N–H and O–H groups in total. The van der Waals surface area contributed by atoms with E-state index in [0.717, 1.165) is 18.6 Å². The molecule has 0 radical (unpaired) electrons. The first kappa shape index (κ1) is 16.5. The molecule has 0 aromatic carbocycles. The number of carbonyl (C=O) groups is 1. The largest absolute Gasteiger partial charge is 0.454 e. The van der Waals surface area contributed by atoms with E-state index in [9.17, 15) is 9.90 Å². The van der Waals surface area contributed by atoms with Crippen LogP contribution in [0.2, 0.25) is 0 Å². The molecule has 4 rings (SSSR count). The molecule has 6 atom stereocenters. The Bertz CT molecular complexity index is 613. The first-order valence-corrected chi connectivity index (χ1v) is 8.85. The van der Waals surface area contributed by atoms with Crippen molar-refractivity contribution in [2.24, 2.45) is 21.7 Å². The topological polar surface area (TPSA) is 77.4 Å². The Balaban J connectivity index is 1.64. The van der Waals surface area contributed by atoms with Gasteiger partial charge in [0.2, 0.25) is 0 Å². The quantitative estimate of drug-likeness (QED) is 0.776. The van der Waals surface area contributed by atoms with Crippen LogP contribution in [0.5, 0.6) is 0 Å². The molecular formula is C18H27NO5. The minimum absolute atomic E-state index is 0.0472. The number of fused-ring (bicyclic) bond motifs is 5. The smallest absolute Gasteiger partial charge is 0.334 e. The van der Waals surface area contributed by atoms with Crippen molar-refractivity contribution < 1.29 is 24.1 Å². The number of hydrogen-bond acceptors (Lipinski definition) is 6. The summed E-state index contributed by atoms with van der Waals surface area (Å²) in [5.41, 5.74) is 0.921. The molecule has 24 heavy (non-hydrogen) atoms. The lowest BCUT2D eigenvalue weighted by Crippen LogP contribution is -2.51. The molecule has 134 valence electrons. The van der Waals surface area contributed by atoms with Gasteiger partial charge in [0, 0.05) is 11.3 Å². The Hall–Kier alpha value is -0.980. The van der Waals surface area contributed by atoms with Gasteiger partial charge >= 0.3 is 5.97 Å². The molecule has 0 aromatic heterocycles. The summed E-state index contributed by atoms with van der Waals surface area (Å²) in [7, 11) is 0. The summed E-state index contributed by atoms with van der Waals surface area (Å²) in [5.74, 6) is -0.884. The minimum Gasteiger partial charge on any atom is -0.454 e. The molecule has 6 heteroatoms. The van der Waals surface area contributed by atoms with Crippen LogP contribution in [0.3, 0.4) is 0 Å². The van der Waals surface area contributed by atoms with Gasteiger partial charge in [0.1, 0.15) is 18.3 Å². The highest BCUT2D eigenvalue weighted by Crippen LogP contribution is 2.65. The lowest BCUT2D eigenvalue weighted by atomic mass is 9.70. The van der Waals surface area contributed by atoms with Crippen LogP contribution in [0.1, 0.15) is 47.5 Å². The predicted octanol–water partition coefficient (Wildman–Crippen LogP) is 1.69. The third kappa shape index (κ3) is 1.99. The summed E-state index contributed by atoms with van der Waals surface area (Å²) >= 11 is 0. The van der Waals surface area contributed by atoms with Crippen molar-refractivity contribution in [2.75, 3.05) is 6.61 Å². The molecule has 2 aliphatic heterocycles. The Kier molecular flexibility index (Phi) is 3.30. The molecule has 1 saturated heterocycles. The fourth-order valence-corrected chi connectivity index (χ4v) is 5.08. The maximum Gasteiger partial charge on any atom is 0.334 e. The fraction of sp³-hybridized carbons (Fsp3) is 0.889. The number of nitrogens with zero attached hydrogens (tertiary/aromatic N) is 1. The second-order valence-electron chi connectivity index (χ2n) is 8.87. The summed E-state index contributed by atoms with van der Waals surface area (Å²) in [6.45, 7) is 10.5. The van der Waals surface area contributed by atoms with E-state index >= 15 is 0 Å². The fourth-order valence-electron chi connectivity index (χ4n) is 5.08. The van der Waals surface area contributed by atoms with Crippen molar-refractivity contribution in [3.8, 4) is 0 Å². The van der Waals surface area contributed by atoms with Gasteiger partial charge in [-0.2, -0.15) is 0 Å². The molecule has 2 heterocycles. The van der Waals surface area contributed by atoms with Crippen LogP contribution in [0.4, 0.5) is 0 Å². The number of aliphatic hydroxyl groups excluding tert-OH is 1. The van der Waals surface area contributed by atoms with Gasteiger partial charge in [-0.25, -0.2) is 4.79 Å². The van der Waals surface area contributed by atoms with Crippen LogP contribution in [0.25, 0.3) is 0 Å². The van der Waals surface area contributed by atoms with E-state index in [1.54, 1.807) is 13.8 Å². The van der Waals surface area contributed by atoms with E-state index in [2.05, 4.69) is 20.8 Å². The highest BCUT2D eigenvalue weighted by Gasteiger charge is 2.67. The van der Waals surface area contributed by atoms with Gasteiger partial charge in [0.15, 0.2) is 11.8 Å². The molecule has 2 bridgehead atoms. The Morgan fingerprint density at radius 1 is 1.25 bits per heavy atom. The van der Waals surface area contributed by atoms with Crippen molar-refractivity contribution >= 4 is 11.7 Å². The zero-order valence-corrected chi connectivity index (χ0v) is 15.0. The van der Waals surface area contributed by atoms with Crippen molar-refractivity contribution in [1.82, 2.24) is 0 Å². The number of esters is 1. The second kappa shape index (κ2) is 4.80. The number of ether oxygens (including phenoxy) is 3. The van der Waals surface area contributed by atoms with E-state index in [0.29, 0.717) is 5.92 Å². The van der Waals surface area contributed by atoms with Gasteiger partial charge in [-0.05, 0) is 32.1 Å². The summed E-state index contributed by atoms with van der Waals surface area (Å²) < 4.78 is 17.0. The SMILES string of the molecule is CC1(C)OC[C@H]([C@H](O)[C@@H]2N=C3[C@H](OC2=O)[C@H]2CC[C@]3(C)C2(C)C)O1. The molecule has 0 amide bonds. The highest BCUT2D eigenvalue weighted by molar-refractivity contribution is 6.03. The van der Waals surface area contributed by atoms with Crippen molar-refractivity contribution in [1.29, 1.82) is 0 Å². The lowest BCUT2D eigenvalue weighted by molar-refractivity contribution is -0.166. The third-order valence-corrected chi connectivity index (χ3v) is 7.00. The number of aliphatic imine (C=N–C) groups is 1. The maximum atomic E-state index is 12.5. The summed E-state index contributed by atoms with van der Waals surface area (Å²) in [5, 5.41) is 10.7. The summed E-state index contributed by atoms with van der Waals surface area (Å²) in [4.78, 5) is 17.2. The third-order valence-electron chi connectivity index (χ3n) is 7.00. The van der Waals surface area contributed by atoms with Crippen LogP contribution in [0, 0.1) is 16.7 Å². The van der Waals surface area contributed by atoms with Gasteiger partial charge < -0.3 is 19.3 Å². The van der Waals surface area contributed by atoms with Gasteiger partial charge in [0.05, 0.1) is 12.3 Å². The van der Waals surface area contributed by atoms with Crippen LogP contribution >= 0.6 is 0 Å². The average molecular weight is 337 g/mol. The number of aliphatic hydroxyl groups is 1. The summed E-state index contributed by atoms with van der Waals surface area (Å²) in [6, 6.07) is -0.925. The molecule has 0 aromatic rings. The van der Waals surface area contributed by atoms with Crippen molar-refractivity contribution in [2.45, 2.75) is 77.6 Å². The molecular weight excluding hydrogens is 310 g/mol. The molecule has 2 saturated carbocycles. The monoisotopic (exact) mass is 337 g/mol. The van der Waals surface area contributed by atoms with Gasteiger partial charge in [0.25, 0.3) is 0 Å². The number of rotatable bonds is 2. The predicted molar refractivity (Wildman–Crippen MR) is 86.6 cm³/mol. The molecule has 0 unspecified atom stereocenters. The molecule has 6 nitrogen and oxygen atoms in total. The standard InChI is InChI=1S/C18H27NO5/c1-16(2)9-6-7-18(16,5)14-13(9)23-15(21)11(19-14)12(20)10-8-22-17(3,4)24-10/h9-13,20H,6-8H2,1-5H3/t9-,10-,11+,12+,13-,18+/m1/s1. The van der Waals surface area contributed by atoms with Crippen LogP contribution < -0.4 is 0 Å². The van der Waals surface area contributed by atoms with Gasteiger partial charge in [-0.15, -0.1) is 0 Å². The maximum absolute atomic E-state index is 12.5.